The van der Waals surface area contributed by atoms with Crippen molar-refractivity contribution in [3.05, 3.63) is 35.9 Å². The standard InChI is InChI=1S/C17H28N2O2/c1-14-7-8-19(16(9-14)10-18)11-17(20)13-21-12-15-5-3-2-4-6-15/h2-6,14,16-17,20H,7-13,18H2,1H3. The molecule has 2 rings (SSSR count). The first kappa shape index (κ1) is 16.4. The van der Waals surface area contributed by atoms with Crippen LogP contribution in [-0.2, 0) is 11.3 Å². The molecule has 4 nitrogen and oxygen atoms in total. The van der Waals surface area contributed by atoms with Crippen LogP contribution in [0.15, 0.2) is 30.3 Å². The molecule has 1 aliphatic rings. The average molecular weight is 292 g/mol. The number of hydrogen-bond acceptors (Lipinski definition) is 4. The van der Waals surface area contributed by atoms with Crippen molar-refractivity contribution in [2.75, 3.05) is 26.2 Å². The van der Waals surface area contributed by atoms with Crippen molar-refractivity contribution in [2.24, 2.45) is 11.7 Å². The molecule has 4 heteroatoms. The van der Waals surface area contributed by atoms with E-state index in [-0.39, 0.29) is 0 Å². The normalized spacial score (nSPS) is 24.9. The molecule has 0 spiro atoms. The topological polar surface area (TPSA) is 58.7 Å². The van der Waals surface area contributed by atoms with E-state index in [9.17, 15) is 5.11 Å². The summed E-state index contributed by atoms with van der Waals surface area (Å²) in [6.45, 7) is 5.55. The van der Waals surface area contributed by atoms with Gasteiger partial charge < -0.3 is 15.6 Å². The van der Waals surface area contributed by atoms with Crippen molar-refractivity contribution in [3.63, 3.8) is 0 Å². The number of nitrogens with two attached hydrogens (primary N) is 1. The van der Waals surface area contributed by atoms with Crippen LogP contribution in [-0.4, -0.2) is 48.4 Å². The summed E-state index contributed by atoms with van der Waals surface area (Å²) in [5.41, 5.74) is 6.99. The lowest BCUT2D eigenvalue weighted by molar-refractivity contribution is -0.00629. The smallest absolute Gasteiger partial charge is 0.0900 e. The van der Waals surface area contributed by atoms with Gasteiger partial charge in [-0.3, -0.25) is 4.90 Å². The molecule has 0 aliphatic carbocycles. The minimum Gasteiger partial charge on any atom is -0.389 e. The lowest BCUT2D eigenvalue weighted by atomic mass is 9.92. The predicted molar refractivity (Wildman–Crippen MR) is 84.9 cm³/mol. The molecular weight excluding hydrogens is 264 g/mol. The van der Waals surface area contributed by atoms with E-state index in [1.54, 1.807) is 0 Å². The number of β-amino-alcohol motifs (C(OH)–C–C–N with tert-alkyl or cyclic N) is 1. The molecule has 0 amide bonds. The highest BCUT2D eigenvalue weighted by Gasteiger charge is 2.26. The zero-order valence-electron chi connectivity index (χ0n) is 12.9. The van der Waals surface area contributed by atoms with Crippen molar-refractivity contribution in [3.8, 4) is 0 Å². The highest BCUT2D eigenvalue weighted by atomic mass is 16.5. The molecule has 3 N–H and O–H groups in total. The van der Waals surface area contributed by atoms with Gasteiger partial charge in [0, 0.05) is 19.1 Å². The van der Waals surface area contributed by atoms with Crippen molar-refractivity contribution in [1.82, 2.24) is 4.90 Å². The molecule has 118 valence electrons. The predicted octanol–water partition coefficient (Wildman–Crippen LogP) is 1.62. The number of aliphatic hydroxyl groups excluding tert-OH is 1. The molecule has 0 radical (unpaired) electrons. The molecular formula is C17H28N2O2. The summed E-state index contributed by atoms with van der Waals surface area (Å²) in [6, 6.07) is 10.4. The molecule has 0 saturated carbocycles. The summed E-state index contributed by atoms with van der Waals surface area (Å²) >= 11 is 0. The molecule has 21 heavy (non-hydrogen) atoms. The number of nitrogens with zero attached hydrogens (tertiary/aromatic N) is 1. The summed E-state index contributed by atoms with van der Waals surface area (Å²) in [6.07, 6.45) is 1.87. The van der Waals surface area contributed by atoms with Crippen LogP contribution in [0.4, 0.5) is 0 Å². The molecule has 1 aromatic rings. The maximum atomic E-state index is 10.2. The van der Waals surface area contributed by atoms with Crippen LogP contribution >= 0.6 is 0 Å². The van der Waals surface area contributed by atoms with E-state index in [1.807, 2.05) is 30.3 Å². The number of aliphatic hydroxyl groups is 1. The number of benzene rings is 1. The Bertz CT molecular complexity index is 399. The Morgan fingerprint density at radius 3 is 2.86 bits per heavy atom. The number of rotatable bonds is 7. The fourth-order valence-electron chi connectivity index (χ4n) is 3.00. The Hall–Kier alpha value is -0.940. The summed E-state index contributed by atoms with van der Waals surface area (Å²) in [5.74, 6) is 0.737. The van der Waals surface area contributed by atoms with E-state index in [4.69, 9.17) is 10.5 Å². The van der Waals surface area contributed by atoms with E-state index < -0.39 is 6.10 Å². The highest BCUT2D eigenvalue weighted by Crippen LogP contribution is 2.21. The van der Waals surface area contributed by atoms with Gasteiger partial charge in [-0.2, -0.15) is 0 Å². The van der Waals surface area contributed by atoms with E-state index in [2.05, 4.69) is 11.8 Å². The summed E-state index contributed by atoms with van der Waals surface area (Å²) < 4.78 is 5.61. The minimum absolute atomic E-state index is 0.373. The largest absolute Gasteiger partial charge is 0.389 e. The van der Waals surface area contributed by atoms with Gasteiger partial charge in [-0.1, -0.05) is 37.3 Å². The van der Waals surface area contributed by atoms with Crippen LogP contribution in [0.2, 0.25) is 0 Å². The monoisotopic (exact) mass is 292 g/mol. The molecule has 1 aromatic carbocycles. The fourth-order valence-corrected chi connectivity index (χ4v) is 3.00. The fraction of sp³-hybridized carbons (Fsp3) is 0.647. The second-order valence-electron chi connectivity index (χ2n) is 6.17. The van der Waals surface area contributed by atoms with Crippen molar-refractivity contribution < 1.29 is 9.84 Å². The van der Waals surface area contributed by atoms with E-state index in [0.717, 1.165) is 24.4 Å². The lowest BCUT2D eigenvalue weighted by Crippen LogP contribution is -2.49. The number of likely N-dealkylation sites (tertiary alicyclic amines) is 1. The molecule has 0 aromatic heterocycles. The third-order valence-electron chi connectivity index (χ3n) is 4.24. The van der Waals surface area contributed by atoms with Crippen LogP contribution < -0.4 is 5.73 Å². The average Bonchev–Trinajstić information content (AvgIpc) is 2.50. The van der Waals surface area contributed by atoms with Crippen LogP contribution in [0, 0.1) is 5.92 Å². The Morgan fingerprint density at radius 1 is 1.38 bits per heavy atom. The molecule has 3 unspecified atom stereocenters. The first-order valence-corrected chi connectivity index (χ1v) is 7.93. The Balaban J connectivity index is 1.70. The maximum absolute atomic E-state index is 10.2. The van der Waals surface area contributed by atoms with Crippen LogP contribution in [0.1, 0.15) is 25.3 Å². The zero-order chi connectivity index (χ0) is 15.1. The Kier molecular flexibility index (Phi) is 6.64. The van der Waals surface area contributed by atoms with Gasteiger partial charge in [0.05, 0.1) is 19.3 Å². The molecule has 0 bridgehead atoms. The first-order chi connectivity index (χ1) is 10.2. The van der Waals surface area contributed by atoms with Crippen LogP contribution in [0.25, 0.3) is 0 Å². The van der Waals surface area contributed by atoms with Gasteiger partial charge in [-0.25, -0.2) is 0 Å². The van der Waals surface area contributed by atoms with E-state index in [1.165, 1.54) is 6.42 Å². The van der Waals surface area contributed by atoms with Gasteiger partial charge in [0.25, 0.3) is 0 Å². The molecule has 1 aliphatic heterocycles. The molecule has 1 fully saturated rings. The first-order valence-electron chi connectivity index (χ1n) is 7.93. The van der Waals surface area contributed by atoms with E-state index >= 15 is 0 Å². The zero-order valence-corrected chi connectivity index (χ0v) is 12.9. The molecule has 3 atom stereocenters. The Labute approximate surface area is 127 Å². The molecule has 1 heterocycles. The summed E-state index contributed by atoms with van der Waals surface area (Å²) in [5, 5.41) is 10.2. The van der Waals surface area contributed by atoms with Gasteiger partial charge in [0.15, 0.2) is 0 Å². The lowest BCUT2D eigenvalue weighted by Gasteiger charge is -2.38. The third kappa shape index (κ3) is 5.40. The SMILES string of the molecule is CC1CCN(CC(O)COCc2ccccc2)C(CN)C1. The van der Waals surface area contributed by atoms with Gasteiger partial charge in [0.1, 0.15) is 0 Å². The number of ether oxygens (including phenoxy) is 1. The Morgan fingerprint density at radius 2 is 2.14 bits per heavy atom. The quantitative estimate of drug-likeness (QED) is 0.802. The van der Waals surface area contributed by atoms with Gasteiger partial charge in [0.2, 0.25) is 0 Å². The van der Waals surface area contributed by atoms with Crippen molar-refractivity contribution >= 4 is 0 Å². The van der Waals surface area contributed by atoms with Gasteiger partial charge in [-0.15, -0.1) is 0 Å². The summed E-state index contributed by atoms with van der Waals surface area (Å²) in [4.78, 5) is 2.32. The summed E-state index contributed by atoms with van der Waals surface area (Å²) in [7, 11) is 0. The van der Waals surface area contributed by atoms with Gasteiger partial charge in [-0.05, 0) is 30.9 Å². The van der Waals surface area contributed by atoms with Crippen molar-refractivity contribution in [2.45, 2.75) is 38.5 Å². The van der Waals surface area contributed by atoms with E-state index in [0.29, 0.717) is 32.3 Å². The second kappa shape index (κ2) is 8.49. The number of piperidine rings is 1. The van der Waals surface area contributed by atoms with Crippen LogP contribution in [0.3, 0.4) is 0 Å². The van der Waals surface area contributed by atoms with Crippen LogP contribution in [0.5, 0.6) is 0 Å². The minimum atomic E-state index is -0.448. The van der Waals surface area contributed by atoms with Crippen molar-refractivity contribution in [1.29, 1.82) is 0 Å². The third-order valence-corrected chi connectivity index (χ3v) is 4.24. The highest BCUT2D eigenvalue weighted by molar-refractivity contribution is 5.13. The molecule has 1 saturated heterocycles. The maximum Gasteiger partial charge on any atom is 0.0900 e. The second-order valence-corrected chi connectivity index (χ2v) is 6.17. The number of hydrogen-bond donors (Lipinski definition) is 2. The van der Waals surface area contributed by atoms with Gasteiger partial charge >= 0.3 is 0 Å².